The molecule has 150 valence electrons. The highest BCUT2D eigenvalue weighted by Gasteiger charge is 2.19. The lowest BCUT2D eigenvalue weighted by Gasteiger charge is -2.18. The first kappa shape index (κ1) is 20.2. The van der Waals surface area contributed by atoms with Crippen LogP contribution in [0.4, 0.5) is 4.39 Å². The predicted octanol–water partition coefficient (Wildman–Crippen LogP) is 2.35. The van der Waals surface area contributed by atoms with Crippen molar-refractivity contribution >= 4 is 22.8 Å². The zero-order chi connectivity index (χ0) is 20.8. The summed E-state index contributed by atoms with van der Waals surface area (Å²) in [4.78, 5) is 40.8. The summed E-state index contributed by atoms with van der Waals surface area (Å²) in [6.07, 6.45) is 1.33. The van der Waals surface area contributed by atoms with Gasteiger partial charge in [-0.2, -0.15) is 0 Å². The molecular weight excluding hydrogens is 377 g/mol. The number of rotatable bonds is 7. The Bertz CT molecular complexity index is 1080. The van der Waals surface area contributed by atoms with Gasteiger partial charge in [-0.3, -0.25) is 19.0 Å². The average molecular weight is 397 g/mol. The topological polar surface area (TPSA) is 90.3 Å². The summed E-state index contributed by atoms with van der Waals surface area (Å²) in [5.74, 6) is -1.28. The standard InChI is InChI=1S/C21H20FN3O4/c1-29-20(27)12-18(14-6-8-15(22)9-7-14)24-19(26)10-11-25-13-23-17-5-3-2-4-16(17)21(25)28/h2-9,13,18H,10-12H2,1H3,(H,24,26). The molecule has 0 bridgehead atoms. The largest absolute Gasteiger partial charge is 0.469 e. The fraction of sp³-hybridized carbons (Fsp3) is 0.238. The Kier molecular flexibility index (Phi) is 6.33. The van der Waals surface area contributed by atoms with Gasteiger partial charge in [0.25, 0.3) is 5.56 Å². The summed E-state index contributed by atoms with van der Waals surface area (Å²) in [6, 6.07) is 11.8. The quantitative estimate of drug-likeness (QED) is 0.618. The highest BCUT2D eigenvalue weighted by molar-refractivity contribution is 5.78. The van der Waals surface area contributed by atoms with Crippen molar-refractivity contribution in [3.8, 4) is 0 Å². The number of para-hydroxylation sites is 1. The predicted molar refractivity (Wildman–Crippen MR) is 105 cm³/mol. The molecule has 29 heavy (non-hydrogen) atoms. The van der Waals surface area contributed by atoms with Crippen molar-refractivity contribution in [3.63, 3.8) is 0 Å². The average Bonchev–Trinajstić information content (AvgIpc) is 2.73. The molecule has 0 aliphatic heterocycles. The van der Waals surface area contributed by atoms with Crippen LogP contribution in [-0.2, 0) is 20.9 Å². The van der Waals surface area contributed by atoms with Crippen LogP contribution in [0.3, 0.4) is 0 Å². The second-order valence-electron chi connectivity index (χ2n) is 6.46. The molecule has 1 N–H and O–H groups in total. The number of benzene rings is 2. The van der Waals surface area contributed by atoms with E-state index in [2.05, 4.69) is 15.0 Å². The number of aryl methyl sites for hydroxylation is 1. The molecule has 3 rings (SSSR count). The Morgan fingerprint density at radius 2 is 1.90 bits per heavy atom. The zero-order valence-corrected chi connectivity index (χ0v) is 15.8. The number of halogens is 1. The van der Waals surface area contributed by atoms with Crippen molar-refractivity contribution in [2.45, 2.75) is 25.4 Å². The number of ether oxygens (including phenoxy) is 1. The van der Waals surface area contributed by atoms with Crippen LogP contribution in [-0.4, -0.2) is 28.5 Å². The van der Waals surface area contributed by atoms with Gasteiger partial charge in [0.15, 0.2) is 0 Å². The molecule has 0 spiro atoms. The van der Waals surface area contributed by atoms with E-state index < -0.39 is 17.8 Å². The van der Waals surface area contributed by atoms with E-state index in [0.29, 0.717) is 16.5 Å². The van der Waals surface area contributed by atoms with E-state index in [1.807, 2.05) is 0 Å². The van der Waals surface area contributed by atoms with Crippen molar-refractivity contribution in [1.82, 2.24) is 14.9 Å². The lowest BCUT2D eigenvalue weighted by Crippen LogP contribution is -2.32. The molecule has 0 aliphatic rings. The summed E-state index contributed by atoms with van der Waals surface area (Å²) in [6.45, 7) is 0.136. The minimum absolute atomic E-state index is 0.0127. The summed E-state index contributed by atoms with van der Waals surface area (Å²) >= 11 is 0. The molecule has 1 heterocycles. The Morgan fingerprint density at radius 3 is 2.62 bits per heavy atom. The first-order valence-electron chi connectivity index (χ1n) is 9.03. The van der Waals surface area contributed by atoms with Crippen molar-refractivity contribution < 1.29 is 18.7 Å². The first-order valence-corrected chi connectivity index (χ1v) is 9.03. The van der Waals surface area contributed by atoms with E-state index in [0.717, 1.165) is 0 Å². The number of carbonyl (C=O) groups is 2. The van der Waals surface area contributed by atoms with Gasteiger partial charge in [0.05, 0.1) is 36.8 Å². The van der Waals surface area contributed by atoms with Gasteiger partial charge in [-0.15, -0.1) is 0 Å². The van der Waals surface area contributed by atoms with Gasteiger partial charge in [-0.05, 0) is 29.8 Å². The molecule has 8 heteroatoms. The summed E-state index contributed by atoms with van der Waals surface area (Å²) < 4.78 is 19.2. The molecule has 0 radical (unpaired) electrons. The maximum Gasteiger partial charge on any atom is 0.307 e. The summed E-state index contributed by atoms with van der Waals surface area (Å²) in [5.41, 5.74) is 0.940. The van der Waals surface area contributed by atoms with Gasteiger partial charge in [0.2, 0.25) is 5.91 Å². The summed E-state index contributed by atoms with van der Waals surface area (Å²) in [7, 11) is 1.25. The molecule has 0 aliphatic carbocycles. The third kappa shape index (κ3) is 5.04. The maximum absolute atomic E-state index is 13.2. The Hall–Kier alpha value is -3.55. The van der Waals surface area contributed by atoms with Crippen molar-refractivity contribution in [1.29, 1.82) is 0 Å². The Morgan fingerprint density at radius 1 is 1.17 bits per heavy atom. The normalized spacial score (nSPS) is 11.8. The first-order chi connectivity index (χ1) is 14.0. The Balaban J connectivity index is 1.70. The smallest absolute Gasteiger partial charge is 0.307 e. The highest BCUT2D eigenvalue weighted by Crippen LogP contribution is 2.18. The van der Waals surface area contributed by atoms with Crippen LogP contribution in [0.25, 0.3) is 10.9 Å². The van der Waals surface area contributed by atoms with E-state index in [1.54, 1.807) is 24.3 Å². The van der Waals surface area contributed by atoms with Crippen LogP contribution in [0.1, 0.15) is 24.4 Å². The van der Waals surface area contributed by atoms with E-state index in [1.165, 1.54) is 42.3 Å². The molecule has 7 nitrogen and oxygen atoms in total. The fourth-order valence-corrected chi connectivity index (χ4v) is 2.95. The maximum atomic E-state index is 13.2. The monoisotopic (exact) mass is 397 g/mol. The molecule has 1 unspecified atom stereocenters. The third-order valence-corrected chi connectivity index (χ3v) is 4.52. The van der Waals surface area contributed by atoms with E-state index >= 15 is 0 Å². The van der Waals surface area contributed by atoms with E-state index in [9.17, 15) is 18.8 Å². The lowest BCUT2D eigenvalue weighted by molar-refractivity contribution is -0.141. The van der Waals surface area contributed by atoms with Crippen molar-refractivity contribution in [3.05, 3.63) is 76.6 Å². The van der Waals surface area contributed by atoms with Crippen LogP contribution in [0.15, 0.2) is 59.7 Å². The molecule has 2 aromatic carbocycles. The van der Waals surface area contributed by atoms with Crippen LogP contribution >= 0.6 is 0 Å². The third-order valence-electron chi connectivity index (χ3n) is 4.52. The molecule has 1 aromatic heterocycles. The minimum Gasteiger partial charge on any atom is -0.469 e. The van der Waals surface area contributed by atoms with Crippen LogP contribution < -0.4 is 10.9 Å². The SMILES string of the molecule is COC(=O)CC(NC(=O)CCn1cnc2ccccc2c1=O)c1ccc(F)cc1. The fourth-order valence-electron chi connectivity index (χ4n) is 2.95. The zero-order valence-electron chi connectivity index (χ0n) is 15.8. The molecule has 3 aromatic rings. The molecule has 0 saturated heterocycles. The van der Waals surface area contributed by atoms with Gasteiger partial charge < -0.3 is 10.1 Å². The number of carbonyl (C=O) groups excluding carboxylic acids is 2. The number of nitrogens with zero attached hydrogens (tertiary/aromatic N) is 2. The van der Waals surface area contributed by atoms with Crippen molar-refractivity contribution in [2.75, 3.05) is 7.11 Å². The van der Waals surface area contributed by atoms with E-state index in [4.69, 9.17) is 0 Å². The number of esters is 1. The van der Waals surface area contributed by atoms with Crippen molar-refractivity contribution in [2.24, 2.45) is 0 Å². The molecule has 1 amide bonds. The lowest BCUT2D eigenvalue weighted by atomic mass is 10.0. The second-order valence-corrected chi connectivity index (χ2v) is 6.46. The second kappa shape index (κ2) is 9.09. The van der Waals surface area contributed by atoms with Gasteiger partial charge in [0, 0.05) is 13.0 Å². The molecule has 0 fully saturated rings. The van der Waals surface area contributed by atoms with Crippen LogP contribution in [0, 0.1) is 5.82 Å². The van der Waals surface area contributed by atoms with Gasteiger partial charge in [-0.1, -0.05) is 24.3 Å². The number of hydrogen-bond donors (Lipinski definition) is 1. The summed E-state index contributed by atoms with van der Waals surface area (Å²) in [5, 5.41) is 3.22. The van der Waals surface area contributed by atoms with E-state index in [-0.39, 0.29) is 30.9 Å². The van der Waals surface area contributed by atoms with Gasteiger partial charge in [0.1, 0.15) is 5.82 Å². The van der Waals surface area contributed by atoms with Crippen LogP contribution in [0.5, 0.6) is 0 Å². The van der Waals surface area contributed by atoms with Crippen LogP contribution in [0.2, 0.25) is 0 Å². The Labute approximate surface area is 166 Å². The number of amides is 1. The number of methoxy groups -OCH3 is 1. The molecular formula is C21H20FN3O4. The minimum atomic E-state index is -0.665. The highest BCUT2D eigenvalue weighted by atomic mass is 19.1. The van der Waals surface area contributed by atoms with Gasteiger partial charge >= 0.3 is 5.97 Å². The molecule has 0 saturated carbocycles. The number of aromatic nitrogens is 2. The number of hydrogen-bond acceptors (Lipinski definition) is 5. The molecule has 1 atom stereocenters. The number of fused-ring (bicyclic) bond motifs is 1. The number of nitrogens with one attached hydrogen (secondary N) is 1. The van der Waals surface area contributed by atoms with Gasteiger partial charge in [-0.25, -0.2) is 9.37 Å².